The van der Waals surface area contributed by atoms with Crippen molar-refractivity contribution in [2.75, 3.05) is 13.1 Å². The van der Waals surface area contributed by atoms with Gasteiger partial charge in [0.15, 0.2) is 0 Å². The third kappa shape index (κ3) is 4.31. The van der Waals surface area contributed by atoms with Crippen LogP contribution in [0.1, 0.15) is 29.7 Å². The van der Waals surface area contributed by atoms with Crippen molar-refractivity contribution in [1.82, 2.24) is 14.5 Å². The van der Waals surface area contributed by atoms with Gasteiger partial charge in [0.25, 0.3) is 0 Å². The van der Waals surface area contributed by atoms with Crippen molar-refractivity contribution in [1.29, 1.82) is 0 Å². The van der Waals surface area contributed by atoms with Crippen LogP contribution in [0.3, 0.4) is 0 Å². The Morgan fingerprint density at radius 2 is 1.83 bits per heavy atom. The molecule has 29 heavy (non-hydrogen) atoms. The number of nitrogens with zero attached hydrogens (tertiary/aromatic N) is 3. The zero-order valence-corrected chi connectivity index (χ0v) is 16.3. The van der Waals surface area contributed by atoms with E-state index in [0.717, 1.165) is 25.7 Å². The Balaban J connectivity index is 1.45. The van der Waals surface area contributed by atoms with Crippen LogP contribution >= 0.6 is 0 Å². The highest BCUT2D eigenvalue weighted by Crippen LogP contribution is 2.35. The van der Waals surface area contributed by atoms with Crippen LogP contribution in [0.4, 0.5) is 13.2 Å². The van der Waals surface area contributed by atoms with E-state index in [0.29, 0.717) is 18.4 Å². The number of alkyl halides is 3. The van der Waals surface area contributed by atoms with Crippen LogP contribution in [-0.2, 0) is 19.3 Å². The highest BCUT2D eigenvalue weighted by Gasteiger charge is 2.37. The average molecular weight is 403 g/mol. The van der Waals surface area contributed by atoms with E-state index in [1.54, 1.807) is 22.9 Å². The quantitative estimate of drug-likeness (QED) is 0.705. The zero-order chi connectivity index (χ0) is 20.6. The molecular formula is C22H24F3N3O. The average Bonchev–Trinajstić information content (AvgIpc) is 3.12. The molecular weight excluding hydrogens is 379 g/mol. The summed E-state index contributed by atoms with van der Waals surface area (Å²) in [6, 6.07) is 12.6. The highest BCUT2D eigenvalue weighted by atomic mass is 19.4. The lowest BCUT2D eigenvalue weighted by Gasteiger charge is -2.39. The number of hydrogen-bond acceptors (Lipinski definition) is 3. The number of rotatable bonds is 4. The number of piperidine rings is 1. The third-order valence-corrected chi connectivity index (χ3v) is 5.79. The van der Waals surface area contributed by atoms with Crippen molar-refractivity contribution in [3.8, 4) is 11.4 Å². The second kappa shape index (κ2) is 7.46. The first-order chi connectivity index (χ1) is 13.7. The Morgan fingerprint density at radius 3 is 2.52 bits per heavy atom. The summed E-state index contributed by atoms with van der Waals surface area (Å²) in [7, 11) is 0. The lowest BCUT2D eigenvalue weighted by molar-refractivity contribution is -0.140. The van der Waals surface area contributed by atoms with E-state index in [2.05, 4.69) is 28.9 Å². The van der Waals surface area contributed by atoms with E-state index >= 15 is 0 Å². The normalized spacial score (nSPS) is 17.7. The summed E-state index contributed by atoms with van der Waals surface area (Å²) in [5, 5.41) is 11.1. The number of aryl methyl sites for hydroxylation is 1. The molecule has 0 saturated carbocycles. The van der Waals surface area contributed by atoms with Crippen LogP contribution in [0.2, 0.25) is 0 Å². The smallest absolute Gasteiger partial charge is 0.388 e. The lowest BCUT2D eigenvalue weighted by Crippen LogP contribution is -2.46. The second-order valence-corrected chi connectivity index (χ2v) is 7.98. The Morgan fingerprint density at radius 1 is 1.10 bits per heavy atom. The minimum atomic E-state index is -4.48. The number of likely N-dealkylation sites (tertiary alicyclic amines) is 1. The van der Waals surface area contributed by atoms with Gasteiger partial charge in [0.2, 0.25) is 0 Å². The first kappa shape index (κ1) is 19.9. The van der Waals surface area contributed by atoms with E-state index < -0.39 is 17.5 Å². The first-order valence-corrected chi connectivity index (χ1v) is 9.76. The molecule has 3 aliphatic rings. The zero-order valence-electron chi connectivity index (χ0n) is 16.3. The summed E-state index contributed by atoms with van der Waals surface area (Å²) in [4.78, 5) is 6.09. The molecule has 7 heteroatoms. The van der Waals surface area contributed by atoms with Crippen molar-refractivity contribution in [3.63, 3.8) is 0 Å². The lowest BCUT2D eigenvalue weighted by atomic mass is 9.90. The van der Waals surface area contributed by atoms with Crippen LogP contribution < -0.4 is 0 Å². The molecule has 0 unspecified atom stereocenters. The van der Waals surface area contributed by atoms with Crippen LogP contribution in [-0.4, -0.2) is 38.2 Å². The molecule has 0 amide bonds. The molecule has 154 valence electrons. The molecule has 1 N–H and O–H groups in total. The van der Waals surface area contributed by atoms with Gasteiger partial charge in [-0.2, -0.15) is 13.2 Å². The standard InChI is InChI=1S/C22H24F3N3O/c1-16-5-2-3-6-18(16)14-27-11-8-21(29,9-12-27)15-28-10-4-7-17-13-19(22(23,24)25)26-20(17)28/h2-7,10,13,29H,8-9,11-12,14-15H2,1H3. The Labute approximate surface area is 167 Å². The van der Waals surface area contributed by atoms with Crippen LogP contribution in [0.15, 0.2) is 48.7 Å². The number of halogens is 3. The van der Waals surface area contributed by atoms with Gasteiger partial charge in [0.1, 0.15) is 11.5 Å². The molecule has 0 aliphatic carbocycles. The SMILES string of the molecule is Cc1ccccc1CN1CCC(O)(Cn2cccc3cc(C(F)(F)F)nc2-3)CC1. The number of aromatic nitrogens is 2. The molecule has 0 aromatic heterocycles. The minimum Gasteiger partial charge on any atom is -0.388 e. The van der Waals surface area contributed by atoms with Crippen molar-refractivity contribution in [2.24, 2.45) is 0 Å². The van der Waals surface area contributed by atoms with Gasteiger partial charge < -0.3 is 9.67 Å². The molecule has 0 atom stereocenters. The van der Waals surface area contributed by atoms with Crippen LogP contribution in [0.25, 0.3) is 11.4 Å². The largest absolute Gasteiger partial charge is 0.433 e. The van der Waals surface area contributed by atoms with Crippen molar-refractivity contribution < 1.29 is 18.3 Å². The Hall–Kier alpha value is -2.38. The van der Waals surface area contributed by atoms with E-state index in [4.69, 9.17) is 0 Å². The molecule has 0 spiro atoms. The van der Waals surface area contributed by atoms with Crippen LogP contribution in [0, 0.1) is 6.92 Å². The molecule has 3 aliphatic heterocycles. The molecule has 3 heterocycles. The predicted molar refractivity (Wildman–Crippen MR) is 104 cm³/mol. The monoisotopic (exact) mass is 403 g/mol. The highest BCUT2D eigenvalue weighted by molar-refractivity contribution is 5.59. The predicted octanol–water partition coefficient (Wildman–Crippen LogP) is 4.34. The fourth-order valence-corrected chi connectivity index (χ4v) is 4.00. The minimum absolute atomic E-state index is 0.233. The molecule has 1 saturated heterocycles. The van der Waals surface area contributed by atoms with Gasteiger partial charge in [-0.25, -0.2) is 4.98 Å². The van der Waals surface area contributed by atoms with Crippen LogP contribution in [0.5, 0.6) is 0 Å². The maximum Gasteiger partial charge on any atom is 0.433 e. The van der Waals surface area contributed by atoms with Gasteiger partial charge in [0, 0.05) is 31.4 Å². The van der Waals surface area contributed by atoms with Gasteiger partial charge >= 0.3 is 6.18 Å². The molecule has 1 fully saturated rings. The molecule has 1 aromatic rings. The number of aliphatic hydroxyl groups is 1. The molecule has 4 rings (SSSR count). The summed E-state index contributed by atoms with van der Waals surface area (Å²) < 4.78 is 40.7. The summed E-state index contributed by atoms with van der Waals surface area (Å²) in [5.41, 5.74) is 1.10. The fraction of sp³-hybridized carbons (Fsp3) is 0.409. The summed E-state index contributed by atoms with van der Waals surface area (Å²) >= 11 is 0. The van der Waals surface area contributed by atoms with Crippen molar-refractivity contribution in [2.45, 2.75) is 44.6 Å². The summed E-state index contributed by atoms with van der Waals surface area (Å²) in [6.07, 6.45) is -1.66. The fourth-order valence-electron chi connectivity index (χ4n) is 4.00. The second-order valence-electron chi connectivity index (χ2n) is 7.98. The topological polar surface area (TPSA) is 41.3 Å². The maximum atomic E-state index is 13.0. The molecule has 0 radical (unpaired) electrons. The van der Waals surface area contributed by atoms with E-state index in [1.807, 2.05) is 12.1 Å². The van der Waals surface area contributed by atoms with Crippen molar-refractivity contribution in [3.05, 3.63) is 65.5 Å². The maximum absolute atomic E-state index is 13.0. The van der Waals surface area contributed by atoms with E-state index in [-0.39, 0.29) is 12.4 Å². The first-order valence-electron chi connectivity index (χ1n) is 9.76. The van der Waals surface area contributed by atoms with Gasteiger partial charge in [0.05, 0.1) is 12.1 Å². The molecule has 0 bridgehead atoms. The Bertz CT molecular complexity index is 958. The third-order valence-electron chi connectivity index (χ3n) is 5.79. The van der Waals surface area contributed by atoms with Gasteiger partial charge in [-0.15, -0.1) is 0 Å². The van der Waals surface area contributed by atoms with Crippen molar-refractivity contribution >= 4 is 0 Å². The summed E-state index contributed by atoms with van der Waals surface area (Å²) in [6.45, 7) is 4.64. The van der Waals surface area contributed by atoms with E-state index in [9.17, 15) is 18.3 Å². The van der Waals surface area contributed by atoms with Gasteiger partial charge in [-0.05, 0) is 49.1 Å². The number of benzene rings is 1. The van der Waals surface area contributed by atoms with Gasteiger partial charge in [-0.3, -0.25) is 4.90 Å². The number of pyridine rings is 1. The molecule has 4 nitrogen and oxygen atoms in total. The van der Waals surface area contributed by atoms with E-state index in [1.165, 1.54) is 11.1 Å². The number of fused-ring (bicyclic) bond motifs is 1. The summed E-state index contributed by atoms with van der Waals surface area (Å²) in [5.74, 6) is 0.260. The Kier molecular flexibility index (Phi) is 5.12. The van der Waals surface area contributed by atoms with Gasteiger partial charge in [-0.1, -0.05) is 24.3 Å². The molecule has 1 aromatic carbocycles. The number of hydrogen-bond donors (Lipinski definition) is 1.